The van der Waals surface area contributed by atoms with Crippen molar-refractivity contribution >= 4 is 29.0 Å². The Morgan fingerprint density at radius 1 is 1.32 bits per heavy atom. The molecule has 2 aliphatic heterocycles. The van der Waals surface area contributed by atoms with Crippen LogP contribution < -0.4 is 0 Å². The molecular formula is C18H19NOS2. The Hall–Kier alpha value is -1.26. The monoisotopic (exact) mass is 329 g/mol. The minimum absolute atomic E-state index is 0.0658. The molecule has 1 aromatic heterocycles. The Labute approximate surface area is 139 Å². The number of carbonyl (C=O) groups is 1. The number of hydrogen-bond donors (Lipinski definition) is 0. The number of hydrogen-bond acceptors (Lipinski definition) is 3. The van der Waals surface area contributed by atoms with Gasteiger partial charge in [0.05, 0.1) is 11.3 Å². The number of likely N-dealkylation sites (tertiary alicyclic amines) is 1. The van der Waals surface area contributed by atoms with Gasteiger partial charge in [0.15, 0.2) is 0 Å². The van der Waals surface area contributed by atoms with Crippen molar-refractivity contribution in [2.24, 2.45) is 0 Å². The first-order valence-electron chi connectivity index (χ1n) is 7.81. The van der Waals surface area contributed by atoms with E-state index >= 15 is 0 Å². The lowest BCUT2D eigenvalue weighted by Gasteiger charge is -2.26. The smallest absolute Gasteiger partial charge is 0.236 e. The number of benzene rings is 1. The van der Waals surface area contributed by atoms with Gasteiger partial charge in [0.2, 0.25) is 5.91 Å². The molecule has 1 saturated heterocycles. The fraction of sp³-hybridized carbons (Fsp3) is 0.389. The molecule has 0 aliphatic carbocycles. The van der Waals surface area contributed by atoms with Crippen molar-refractivity contribution in [2.45, 2.75) is 42.4 Å². The lowest BCUT2D eigenvalue weighted by molar-refractivity contribution is -0.131. The third-order valence-electron chi connectivity index (χ3n) is 4.64. The molecular weight excluding hydrogens is 310 g/mol. The molecule has 1 amide bonds. The predicted molar refractivity (Wildman–Crippen MR) is 92.5 cm³/mol. The minimum Gasteiger partial charge on any atom is -0.335 e. The van der Waals surface area contributed by atoms with Crippen LogP contribution in [-0.2, 0) is 11.2 Å². The summed E-state index contributed by atoms with van der Waals surface area (Å²) in [5.41, 5.74) is 3.92. The van der Waals surface area contributed by atoms with E-state index in [0.29, 0.717) is 11.9 Å². The highest BCUT2D eigenvalue weighted by atomic mass is 32.2. The quantitative estimate of drug-likeness (QED) is 0.812. The van der Waals surface area contributed by atoms with Crippen LogP contribution in [-0.4, -0.2) is 22.6 Å². The van der Waals surface area contributed by atoms with Crippen LogP contribution in [0.5, 0.6) is 0 Å². The van der Waals surface area contributed by atoms with Crippen molar-refractivity contribution in [3.8, 4) is 0 Å². The normalized spacial score (nSPS) is 23.8. The number of nitrogens with zero attached hydrogens (tertiary/aromatic N) is 1. The van der Waals surface area contributed by atoms with Crippen molar-refractivity contribution in [1.29, 1.82) is 0 Å². The van der Waals surface area contributed by atoms with Gasteiger partial charge in [-0.05, 0) is 60.2 Å². The fourth-order valence-electron chi connectivity index (χ4n) is 3.50. The van der Waals surface area contributed by atoms with E-state index in [1.165, 1.54) is 21.6 Å². The molecule has 0 N–H and O–H groups in total. The predicted octanol–water partition coefficient (Wildman–Crippen LogP) is 4.44. The Morgan fingerprint density at radius 3 is 3.05 bits per heavy atom. The van der Waals surface area contributed by atoms with Gasteiger partial charge in [-0.25, -0.2) is 0 Å². The lowest BCUT2D eigenvalue weighted by Crippen LogP contribution is -2.37. The number of amides is 1. The molecule has 22 heavy (non-hydrogen) atoms. The second-order valence-electron chi connectivity index (χ2n) is 6.17. The zero-order chi connectivity index (χ0) is 15.1. The van der Waals surface area contributed by atoms with E-state index in [1.807, 2.05) is 0 Å². The highest BCUT2D eigenvalue weighted by Crippen LogP contribution is 2.41. The summed E-state index contributed by atoms with van der Waals surface area (Å²) in [5, 5.41) is 4.37. The third kappa shape index (κ3) is 2.48. The van der Waals surface area contributed by atoms with E-state index in [9.17, 15) is 4.79 Å². The summed E-state index contributed by atoms with van der Waals surface area (Å²) in [7, 11) is 0. The molecule has 2 aromatic rings. The van der Waals surface area contributed by atoms with E-state index in [1.54, 1.807) is 23.1 Å². The molecule has 2 nitrogen and oxygen atoms in total. The molecule has 3 heterocycles. The summed E-state index contributed by atoms with van der Waals surface area (Å²) in [6, 6.07) is 9.01. The molecule has 0 saturated carbocycles. The summed E-state index contributed by atoms with van der Waals surface area (Å²) in [6.45, 7) is 3.02. The minimum atomic E-state index is 0.0658. The number of rotatable bonds is 2. The molecule has 4 heteroatoms. The first-order valence-corrected chi connectivity index (χ1v) is 9.63. The van der Waals surface area contributed by atoms with Gasteiger partial charge < -0.3 is 4.90 Å². The summed E-state index contributed by atoms with van der Waals surface area (Å²) in [4.78, 5) is 16.4. The highest BCUT2D eigenvalue weighted by Gasteiger charge is 2.37. The number of fused-ring (bicyclic) bond motifs is 1. The van der Waals surface area contributed by atoms with Crippen molar-refractivity contribution in [3.63, 3.8) is 0 Å². The Kier molecular flexibility index (Phi) is 3.74. The summed E-state index contributed by atoms with van der Waals surface area (Å²) < 4.78 is 0. The van der Waals surface area contributed by atoms with Crippen LogP contribution >= 0.6 is 23.1 Å². The number of carbonyl (C=O) groups excluding carboxylic acids is 1. The third-order valence-corrected chi connectivity index (χ3v) is 6.62. The van der Waals surface area contributed by atoms with E-state index < -0.39 is 0 Å². The van der Waals surface area contributed by atoms with Crippen molar-refractivity contribution in [1.82, 2.24) is 4.90 Å². The van der Waals surface area contributed by atoms with Crippen LogP contribution in [0.25, 0.3) is 0 Å². The maximum absolute atomic E-state index is 13.0. The van der Waals surface area contributed by atoms with E-state index in [2.05, 4.69) is 46.8 Å². The molecule has 1 fully saturated rings. The Morgan fingerprint density at radius 2 is 2.23 bits per heavy atom. The van der Waals surface area contributed by atoms with E-state index in [-0.39, 0.29) is 5.25 Å². The Bertz CT molecular complexity index is 695. The van der Waals surface area contributed by atoms with Gasteiger partial charge >= 0.3 is 0 Å². The van der Waals surface area contributed by atoms with Gasteiger partial charge in [0.1, 0.15) is 0 Å². The summed E-state index contributed by atoms with van der Waals surface area (Å²) in [6.07, 6.45) is 3.10. The summed E-state index contributed by atoms with van der Waals surface area (Å²) >= 11 is 3.48. The van der Waals surface area contributed by atoms with Crippen LogP contribution in [0, 0.1) is 6.92 Å². The maximum Gasteiger partial charge on any atom is 0.236 e. The standard InChI is InChI=1S/C18H19NOS2/c1-12-4-5-13-10-17(22-16(13)9-12)18(20)19-7-2-3-15(19)14-6-8-21-11-14/h4-6,8-9,11,15,17H,2-3,7,10H2,1H3/t15-,17+/m1/s1. The molecule has 0 unspecified atom stereocenters. The summed E-state index contributed by atoms with van der Waals surface area (Å²) in [5.74, 6) is 0.326. The average Bonchev–Trinajstić information content (AvgIpc) is 3.24. The van der Waals surface area contributed by atoms with Gasteiger partial charge in [0.25, 0.3) is 0 Å². The van der Waals surface area contributed by atoms with Gasteiger partial charge in [-0.3, -0.25) is 4.79 Å². The molecule has 0 spiro atoms. The van der Waals surface area contributed by atoms with Gasteiger partial charge in [-0.1, -0.05) is 17.7 Å². The highest BCUT2D eigenvalue weighted by molar-refractivity contribution is 8.01. The van der Waals surface area contributed by atoms with Gasteiger partial charge in [-0.15, -0.1) is 11.8 Å². The second kappa shape index (κ2) is 5.74. The van der Waals surface area contributed by atoms with Crippen LogP contribution in [0.1, 0.15) is 35.6 Å². The molecule has 0 radical (unpaired) electrons. The molecule has 0 bridgehead atoms. The number of aryl methyl sites for hydroxylation is 1. The van der Waals surface area contributed by atoms with Gasteiger partial charge in [0, 0.05) is 11.4 Å². The average molecular weight is 329 g/mol. The largest absolute Gasteiger partial charge is 0.335 e. The maximum atomic E-state index is 13.0. The second-order valence-corrected chi connectivity index (χ2v) is 8.19. The zero-order valence-corrected chi connectivity index (χ0v) is 14.3. The first kappa shape index (κ1) is 14.3. The lowest BCUT2D eigenvalue weighted by atomic mass is 10.1. The van der Waals surface area contributed by atoms with E-state index in [0.717, 1.165) is 25.8 Å². The topological polar surface area (TPSA) is 20.3 Å². The first-order chi connectivity index (χ1) is 10.7. The molecule has 114 valence electrons. The molecule has 4 rings (SSSR count). The SMILES string of the molecule is Cc1ccc2c(c1)S[C@H](C(=O)N1CCC[C@@H]1c1ccsc1)C2. The fourth-order valence-corrected chi connectivity index (χ4v) is 5.57. The van der Waals surface area contributed by atoms with Crippen LogP contribution in [0.3, 0.4) is 0 Å². The van der Waals surface area contributed by atoms with Crippen molar-refractivity contribution in [3.05, 3.63) is 51.7 Å². The zero-order valence-electron chi connectivity index (χ0n) is 12.6. The van der Waals surface area contributed by atoms with E-state index in [4.69, 9.17) is 0 Å². The van der Waals surface area contributed by atoms with Crippen molar-refractivity contribution < 1.29 is 4.79 Å². The Balaban J connectivity index is 1.53. The van der Waals surface area contributed by atoms with Crippen molar-refractivity contribution in [2.75, 3.05) is 6.54 Å². The van der Waals surface area contributed by atoms with Crippen LogP contribution in [0.15, 0.2) is 39.9 Å². The van der Waals surface area contributed by atoms with Gasteiger partial charge in [-0.2, -0.15) is 11.3 Å². The number of thiophene rings is 1. The molecule has 2 aliphatic rings. The molecule has 1 aromatic carbocycles. The molecule has 2 atom stereocenters. The van der Waals surface area contributed by atoms with Crippen LogP contribution in [0.4, 0.5) is 0 Å². The van der Waals surface area contributed by atoms with Crippen LogP contribution in [0.2, 0.25) is 0 Å². The number of thioether (sulfide) groups is 1.